The molecule has 0 radical (unpaired) electrons. The number of hydrogen-bond acceptors (Lipinski definition) is 4. The maximum absolute atomic E-state index is 13.8. The number of hydrogen-bond donors (Lipinski definition) is 2. The minimum absolute atomic E-state index is 0.150. The van der Waals surface area contributed by atoms with E-state index in [0.717, 1.165) is 12.5 Å². The average molecular weight is 296 g/mol. The Morgan fingerprint density at radius 2 is 2.19 bits per heavy atom. The van der Waals surface area contributed by atoms with Crippen molar-refractivity contribution in [1.82, 2.24) is 5.32 Å². The fraction of sp³-hybridized carbons (Fsp3) is 0.533. The number of methoxy groups -OCH3 is 1. The van der Waals surface area contributed by atoms with Gasteiger partial charge >= 0.3 is 0 Å². The highest BCUT2D eigenvalue weighted by Gasteiger charge is 2.20. The van der Waals surface area contributed by atoms with Gasteiger partial charge in [-0.05, 0) is 37.4 Å². The van der Waals surface area contributed by atoms with Crippen molar-refractivity contribution in [2.45, 2.75) is 12.8 Å². The van der Waals surface area contributed by atoms with Crippen molar-refractivity contribution in [2.75, 3.05) is 38.7 Å². The Bertz CT molecular complexity index is 478. The molecule has 116 valence electrons. The SMILES string of the molecule is COCCOc1ccc(NC(=O)CNCC2CC2)cc1F. The Hall–Kier alpha value is -1.66. The zero-order valence-corrected chi connectivity index (χ0v) is 12.2. The molecule has 1 aromatic carbocycles. The van der Waals surface area contributed by atoms with E-state index in [1.165, 1.54) is 25.0 Å². The maximum Gasteiger partial charge on any atom is 0.238 e. The summed E-state index contributed by atoms with van der Waals surface area (Å²) < 4.78 is 23.8. The van der Waals surface area contributed by atoms with Crippen LogP contribution in [0.15, 0.2) is 18.2 Å². The van der Waals surface area contributed by atoms with Gasteiger partial charge in [0.2, 0.25) is 5.91 Å². The number of amides is 1. The molecule has 0 heterocycles. The predicted octanol–water partition coefficient (Wildman–Crippen LogP) is 1.79. The number of anilines is 1. The molecule has 1 aliphatic carbocycles. The summed E-state index contributed by atoms with van der Waals surface area (Å²) in [6.07, 6.45) is 2.48. The Balaban J connectivity index is 1.76. The molecule has 0 saturated heterocycles. The summed E-state index contributed by atoms with van der Waals surface area (Å²) in [7, 11) is 1.55. The molecule has 0 unspecified atom stereocenters. The molecule has 2 N–H and O–H groups in total. The first kappa shape index (κ1) is 15.7. The van der Waals surface area contributed by atoms with E-state index in [9.17, 15) is 9.18 Å². The van der Waals surface area contributed by atoms with Crippen molar-refractivity contribution in [2.24, 2.45) is 5.92 Å². The van der Waals surface area contributed by atoms with Gasteiger partial charge in [-0.25, -0.2) is 4.39 Å². The van der Waals surface area contributed by atoms with Crippen LogP contribution in [0.2, 0.25) is 0 Å². The van der Waals surface area contributed by atoms with Gasteiger partial charge in [0.05, 0.1) is 13.2 Å². The van der Waals surface area contributed by atoms with Crippen LogP contribution in [0.5, 0.6) is 5.75 Å². The molecule has 1 saturated carbocycles. The van der Waals surface area contributed by atoms with Gasteiger partial charge in [0.25, 0.3) is 0 Å². The second-order valence-corrected chi connectivity index (χ2v) is 5.11. The van der Waals surface area contributed by atoms with Crippen LogP contribution in [-0.2, 0) is 9.53 Å². The van der Waals surface area contributed by atoms with Crippen LogP contribution >= 0.6 is 0 Å². The molecule has 0 aliphatic heterocycles. The Morgan fingerprint density at radius 3 is 2.86 bits per heavy atom. The predicted molar refractivity (Wildman–Crippen MR) is 78.0 cm³/mol. The first-order valence-electron chi connectivity index (χ1n) is 7.11. The lowest BCUT2D eigenvalue weighted by Crippen LogP contribution is -2.29. The zero-order chi connectivity index (χ0) is 15.1. The van der Waals surface area contributed by atoms with Crippen LogP contribution in [0.1, 0.15) is 12.8 Å². The van der Waals surface area contributed by atoms with Crippen molar-refractivity contribution < 1.29 is 18.7 Å². The lowest BCUT2D eigenvalue weighted by Gasteiger charge is -2.09. The van der Waals surface area contributed by atoms with Crippen LogP contribution in [0.4, 0.5) is 10.1 Å². The van der Waals surface area contributed by atoms with Crippen molar-refractivity contribution in [3.05, 3.63) is 24.0 Å². The number of halogens is 1. The average Bonchev–Trinajstić information content (AvgIpc) is 3.25. The van der Waals surface area contributed by atoms with Gasteiger partial charge in [-0.15, -0.1) is 0 Å². The number of ether oxygens (including phenoxy) is 2. The van der Waals surface area contributed by atoms with E-state index in [0.29, 0.717) is 12.3 Å². The second kappa shape index (κ2) is 7.95. The monoisotopic (exact) mass is 296 g/mol. The topological polar surface area (TPSA) is 59.6 Å². The van der Waals surface area contributed by atoms with Gasteiger partial charge in [0.1, 0.15) is 6.61 Å². The number of nitrogens with one attached hydrogen (secondary N) is 2. The molecule has 0 spiro atoms. The number of rotatable bonds is 9. The molecule has 21 heavy (non-hydrogen) atoms. The molecule has 1 aliphatic rings. The molecular weight excluding hydrogens is 275 g/mol. The van der Waals surface area contributed by atoms with Crippen LogP contribution in [-0.4, -0.2) is 39.3 Å². The van der Waals surface area contributed by atoms with E-state index in [4.69, 9.17) is 9.47 Å². The summed E-state index contributed by atoms with van der Waals surface area (Å²) >= 11 is 0. The summed E-state index contributed by atoms with van der Waals surface area (Å²) in [6, 6.07) is 4.36. The largest absolute Gasteiger partial charge is 0.488 e. The highest BCUT2D eigenvalue weighted by Crippen LogP contribution is 2.27. The third-order valence-electron chi connectivity index (χ3n) is 3.18. The minimum Gasteiger partial charge on any atom is -0.488 e. The van der Waals surface area contributed by atoms with Crippen LogP contribution in [0, 0.1) is 11.7 Å². The highest BCUT2D eigenvalue weighted by atomic mass is 19.1. The third kappa shape index (κ3) is 5.69. The summed E-state index contributed by atoms with van der Waals surface area (Å²) in [6.45, 7) is 1.78. The number of benzene rings is 1. The highest BCUT2D eigenvalue weighted by molar-refractivity contribution is 5.92. The van der Waals surface area contributed by atoms with Crippen LogP contribution in [0.25, 0.3) is 0 Å². The van der Waals surface area contributed by atoms with Gasteiger partial charge in [-0.3, -0.25) is 4.79 Å². The molecule has 6 heteroatoms. The zero-order valence-electron chi connectivity index (χ0n) is 12.2. The molecule has 5 nitrogen and oxygen atoms in total. The molecule has 0 atom stereocenters. The number of carbonyl (C=O) groups excluding carboxylic acids is 1. The normalized spacial score (nSPS) is 14.0. The Kier molecular flexibility index (Phi) is 5.95. The first-order chi connectivity index (χ1) is 10.2. The van der Waals surface area contributed by atoms with Gasteiger partial charge in [-0.2, -0.15) is 0 Å². The van der Waals surface area contributed by atoms with Gasteiger partial charge in [0, 0.05) is 18.9 Å². The van der Waals surface area contributed by atoms with Gasteiger partial charge in [-0.1, -0.05) is 0 Å². The molecule has 1 aromatic rings. The third-order valence-corrected chi connectivity index (χ3v) is 3.18. The maximum atomic E-state index is 13.8. The fourth-order valence-electron chi connectivity index (χ4n) is 1.85. The molecule has 1 amide bonds. The Morgan fingerprint density at radius 1 is 1.38 bits per heavy atom. The van der Waals surface area contributed by atoms with E-state index in [1.54, 1.807) is 13.2 Å². The lowest BCUT2D eigenvalue weighted by atomic mass is 10.3. The van der Waals surface area contributed by atoms with Crippen LogP contribution in [0.3, 0.4) is 0 Å². The minimum atomic E-state index is -0.505. The van der Waals surface area contributed by atoms with E-state index >= 15 is 0 Å². The molecular formula is C15H21FN2O3. The molecule has 2 rings (SSSR count). The van der Waals surface area contributed by atoms with E-state index in [1.807, 2.05) is 0 Å². The second-order valence-electron chi connectivity index (χ2n) is 5.11. The van der Waals surface area contributed by atoms with Crippen molar-refractivity contribution in [1.29, 1.82) is 0 Å². The Labute approximate surface area is 123 Å². The quantitative estimate of drug-likeness (QED) is 0.682. The summed E-state index contributed by atoms with van der Waals surface area (Å²) in [4.78, 5) is 11.7. The van der Waals surface area contributed by atoms with Crippen molar-refractivity contribution in [3.8, 4) is 5.75 Å². The van der Waals surface area contributed by atoms with Gasteiger partial charge in [0.15, 0.2) is 11.6 Å². The fourth-order valence-corrected chi connectivity index (χ4v) is 1.85. The molecule has 1 fully saturated rings. The molecule has 0 aromatic heterocycles. The lowest BCUT2D eigenvalue weighted by molar-refractivity contribution is -0.115. The van der Waals surface area contributed by atoms with Crippen molar-refractivity contribution in [3.63, 3.8) is 0 Å². The first-order valence-corrected chi connectivity index (χ1v) is 7.11. The van der Waals surface area contributed by atoms with Crippen LogP contribution < -0.4 is 15.4 Å². The van der Waals surface area contributed by atoms with Crippen molar-refractivity contribution >= 4 is 11.6 Å². The standard InChI is InChI=1S/C15H21FN2O3/c1-20-6-7-21-14-5-4-12(8-13(14)16)18-15(19)10-17-9-11-2-3-11/h4-5,8,11,17H,2-3,6-7,9-10H2,1H3,(H,18,19). The number of carbonyl (C=O) groups is 1. The summed E-state index contributed by atoms with van der Waals surface area (Å²) in [5, 5.41) is 5.73. The van der Waals surface area contributed by atoms with E-state index < -0.39 is 5.82 Å². The van der Waals surface area contributed by atoms with Gasteiger partial charge < -0.3 is 20.1 Å². The molecule has 0 bridgehead atoms. The van der Waals surface area contributed by atoms with E-state index in [-0.39, 0.29) is 24.8 Å². The summed E-state index contributed by atoms with van der Waals surface area (Å²) in [5.41, 5.74) is 0.421. The van der Waals surface area contributed by atoms with E-state index in [2.05, 4.69) is 10.6 Å². The smallest absolute Gasteiger partial charge is 0.238 e. The summed E-state index contributed by atoms with van der Waals surface area (Å²) in [5.74, 6) is 0.189.